The van der Waals surface area contributed by atoms with Gasteiger partial charge in [0.15, 0.2) is 0 Å². The minimum Gasteiger partial charge on any atom is -0.495 e. The first-order chi connectivity index (χ1) is 11.4. The third-order valence-corrected chi connectivity index (χ3v) is 3.41. The van der Waals surface area contributed by atoms with Crippen molar-refractivity contribution in [3.05, 3.63) is 48.0 Å². The molecular weight excluding hydrogens is 306 g/mol. The summed E-state index contributed by atoms with van der Waals surface area (Å²) in [6.45, 7) is 1.41. The lowest BCUT2D eigenvalue weighted by atomic mass is 10.1. The van der Waals surface area contributed by atoms with E-state index in [1.165, 1.54) is 14.0 Å². The second-order valence-electron chi connectivity index (χ2n) is 5.49. The summed E-state index contributed by atoms with van der Waals surface area (Å²) in [5.74, 6) is 0.0915. The number of carbonyl (C=O) groups excluding carboxylic acids is 2. The number of amides is 2. The van der Waals surface area contributed by atoms with Crippen molar-refractivity contribution in [3.63, 3.8) is 0 Å². The number of carbonyl (C=O) groups is 2. The van der Waals surface area contributed by atoms with Crippen LogP contribution in [0.4, 0.5) is 17.1 Å². The van der Waals surface area contributed by atoms with Gasteiger partial charge < -0.3 is 20.3 Å². The van der Waals surface area contributed by atoms with Gasteiger partial charge in [0.1, 0.15) is 5.75 Å². The first-order valence-corrected chi connectivity index (χ1v) is 7.45. The van der Waals surface area contributed by atoms with Gasteiger partial charge in [-0.25, -0.2) is 0 Å². The minimum atomic E-state index is -0.223. The van der Waals surface area contributed by atoms with E-state index in [-0.39, 0.29) is 11.8 Å². The normalized spacial score (nSPS) is 10.0. The van der Waals surface area contributed by atoms with Crippen molar-refractivity contribution < 1.29 is 14.3 Å². The molecule has 0 unspecified atom stereocenters. The number of hydrogen-bond acceptors (Lipinski definition) is 4. The zero-order valence-electron chi connectivity index (χ0n) is 14.2. The lowest BCUT2D eigenvalue weighted by molar-refractivity contribution is -0.114. The van der Waals surface area contributed by atoms with Crippen molar-refractivity contribution in [2.75, 3.05) is 36.7 Å². The number of nitrogens with one attached hydrogen (secondary N) is 2. The molecule has 6 nitrogen and oxygen atoms in total. The van der Waals surface area contributed by atoms with Crippen LogP contribution in [0.5, 0.6) is 5.75 Å². The molecule has 0 saturated heterocycles. The Bertz CT molecular complexity index is 740. The maximum Gasteiger partial charge on any atom is 0.255 e. The first-order valence-electron chi connectivity index (χ1n) is 7.45. The standard InChI is InChI=1S/C18H21N3O3/c1-12(22)19-16-11-14(7-10-17(16)24-4)20-18(23)13-5-8-15(9-6-13)21(2)3/h5-11H,1-4H3,(H,19,22)(H,20,23). The van der Waals surface area contributed by atoms with Crippen LogP contribution in [-0.4, -0.2) is 33.0 Å². The van der Waals surface area contributed by atoms with E-state index >= 15 is 0 Å². The molecular formula is C18H21N3O3. The number of methoxy groups -OCH3 is 1. The summed E-state index contributed by atoms with van der Waals surface area (Å²) in [5.41, 5.74) is 2.65. The Hall–Kier alpha value is -3.02. The van der Waals surface area contributed by atoms with Crippen molar-refractivity contribution in [1.29, 1.82) is 0 Å². The van der Waals surface area contributed by atoms with Crippen LogP contribution in [0.25, 0.3) is 0 Å². The molecule has 2 rings (SSSR count). The minimum absolute atomic E-state index is 0.212. The lowest BCUT2D eigenvalue weighted by Gasteiger charge is -2.13. The first kappa shape index (κ1) is 17.3. The van der Waals surface area contributed by atoms with Gasteiger partial charge in [0.2, 0.25) is 5.91 Å². The lowest BCUT2D eigenvalue weighted by Crippen LogP contribution is -2.14. The maximum absolute atomic E-state index is 12.3. The quantitative estimate of drug-likeness (QED) is 0.886. The van der Waals surface area contributed by atoms with Crippen LogP contribution in [0, 0.1) is 0 Å². The molecule has 0 saturated carbocycles. The molecule has 0 fully saturated rings. The highest BCUT2D eigenvalue weighted by Gasteiger charge is 2.10. The highest BCUT2D eigenvalue weighted by atomic mass is 16.5. The second kappa shape index (κ2) is 7.50. The highest BCUT2D eigenvalue weighted by molar-refractivity contribution is 6.05. The molecule has 0 atom stereocenters. The van der Waals surface area contributed by atoms with Gasteiger partial charge in [0.25, 0.3) is 5.91 Å². The molecule has 6 heteroatoms. The third kappa shape index (κ3) is 4.25. The average Bonchev–Trinajstić information content (AvgIpc) is 2.54. The van der Waals surface area contributed by atoms with Crippen molar-refractivity contribution in [3.8, 4) is 5.75 Å². The van der Waals surface area contributed by atoms with Crippen LogP contribution in [0.1, 0.15) is 17.3 Å². The third-order valence-electron chi connectivity index (χ3n) is 3.41. The highest BCUT2D eigenvalue weighted by Crippen LogP contribution is 2.28. The van der Waals surface area contributed by atoms with E-state index in [9.17, 15) is 9.59 Å². The molecule has 0 aliphatic carbocycles. The largest absolute Gasteiger partial charge is 0.495 e. The van der Waals surface area contributed by atoms with Gasteiger partial charge in [-0.15, -0.1) is 0 Å². The van der Waals surface area contributed by atoms with E-state index in [1.807, 2.05) is 31.1 Å². The number of ether oxygens (including phenoxy) is 1. The number of hydrogen-bond donors (Lipinski definition) is 2. The van der Waals surface area contributed by atoms with Gasteiger partial charge >= 0.3 is 0 Å². The second-order valence-corrected chi connectivity index (χ2v) is 5.49. The molecule has 0 aromatic heterocycles. The Labute approximate surface area is 141 Å². The summed E-state index contributed by atoms with van der Waals surface area (Å²) in [5, 5.41) is 5.49. The average molecular weight is 327 g/mol. The van der Waals surface area contributed by atoms with E-state index in [0.717, 1.165) is 5.69 Å². The molecule has 126 valence electrons. The molecule has 0 heterocycles. The Kier molecular flexibility index (Phi) is 5.42. The molecule has 0 aliphatic heterocycles. The monoisotopic (exact) mass is 327 g/mol. The van der Waals surface area contributed by atoms with Crippen LogP contribution in [0.2, 0.25) is 0 Å². The Balaban J connectivity index is 2.17. The Morgan fingerprint density at radius 3 is 2.21 bits per heavy atom. The molecule has 2 N–H and O–H groups in total. The number of anilines is 3. The van der Waals surface area contributed by atoms with Gasteiger partial charge in [-0.2, -0.15) is 0 Å². The van der Waals surface area contributed by atoms with Crippen LogP contribution in [0.15, 0.2) is 42.5 Å². The van der Waals surface area contributed by atoms with Gasteiger partial charge in [-0.1, -0.05) is 0 Å². The van der Waals surface area contributed by atoms with Crippen LogP contribution >= 0.6 is 0 Å². The molecule has 0 aliphatic rings. The summed E-state index contributed by atoms with van der Waals surface area (Å²) < 4.78 is 5.19. The van der Waals surface area contributed by atoms with E-state index in [4.69, 9.17) is 4.74 Å². The fraction of sp³-hybridized carbons (Fsp3) is 0.222. The zero-order chi connectivity index (χ0) is 17.7. The van der Waals surface area contributed by atoms with E-state index in [0.29, 0.717) is 22.7 Å². The zero-order valence-corrected chi connectivity index (χ0v) is 14.2. The molecule has 2 aromatic rings. The summed E-state index contributed by atoms with van der Waals surface area (Å²) in [6, 6.07) is 12.4. The topological polar surface area (TPSA) is 70.7 Å². The molecule has 2 amide bonds. The predicted molar refractivity (Wildman–Crippen MR) is 96.0 cm³/mol. The number of nitrogens with zero attached hydrogens (tertiary/aromatic N) is 1. The Morgan fingerprint density at radius 2 is 1.67 bits per heavy atom. The molecule has 0 bridgehead atoms. The van der Waals surface area contributed by atoms with Crippen molar-refractivity contribution in [2.24, 2.45) is 0 Å². The van der Waals surface area contributed by atoms with Gasteiger partial charge in [-0.05, 0) is 42.5 Å². The fourth-order valence-corrected chi connectivity index (χ4v) is 2.19. The fourth-order valence-electron chi connectivity index (χ4n) is 2.19. The van der Waals surface area contributed by atoms with Crippen LogP contribution in [0.3, 0.4) is 0 Å². The molecule has 24 heavy (non-hydrogen) atoms. The smallest absolute Gasteiger partial charge is 0.255 e. The number of benzene rings is 2. The summed E-state index contributed by atoms with van der Waals surface area (Å²) in [7, 11) is 5.40. The van der Waals surface area contributed by atoms with Gasteiger partial charge in [-0.3, -0.25) is 9.59 Å². The summed E-state index contributed by atoms with van der Waals surface area (Å²) in [6.07, 6.45) is 0. The molecule has 0 radical (unpaired) electrons. The molecule has 2 aromatic carbocycles. The predicted octanol–water partition coefficient (Wildman–Crippen LogP) is 2.97. The van der Waals surface area contributed by atoms with Crippen LogP contribution < -0.4 is 20.3 Å². The maximum atomic E-state index is 12.3. The SMILES string of the molecule is COc1ccc(NC(=O)c2ccc(N(C)C)cc2)cc1NC(C)=O. The van der Waals surface area contributed by atoms with E-state index in [2.05, 4.69) is 10.6 Å². The number of rotatable bonds is 5. The van der Waals surface area contributed by atoms with Gasteiger partial charge in [0.05, 0.1) is 12.8 Å². The van der Waals surface area contributed by atoms with Crippen molar-refractivity contribution in [2.45, 2.75) is 6.92 Å². The van der Waals surface area contributed by atoms with E-state index < -0.39 is 0 Å². The van der Waals surface area contributed by atoms with Crippen molar-refractivity contribution in [1.82, 2.24) is 0 Å². The Morgan fingerprint density at radius 1 is 1.00 bits per heavy atom. The summed E-state index contributed by atoms with van der Waals surface area (Å²) >= 11 is 0. The molecule has 0 spiro atoms. The van der Waals surface area contributed by atoms with Crippen molar-refractivity contribution >= 4 is 28.9 Å². The van der Waals surface area contributed by atoms with Crippen LogP contribution in [-0.2, 0) is 4.79 Å². The van der Waals surface area contributed by atoms with E-state index in [1.54, 1.807) is 30.3 Å². The summed E-state index contributed by atoms with van der Waals surface area (Å²) in [4.78, 5) is 25.6. The van der Waals surface area contributed by atoms with Gasteiger partial charge in [0, 0.05) is 38.0 Å².